The summed E-state index contributed by atoms with van der Waals surface area (Å²) in [6, 6.07) is 9.20. The Morgan fingerprint density at radius 1 is 1.17 bits per heavy atom. The largest absolute Gasteiger partial charge is 0.341 e. The van der Waals surface area contributed by atoms with Crippen LogP contribution in [0.5, 0.6) is 0 Å². The number of benzene rings is 1. The van der Waals surface area contributed by atoms with Gasteiger partial charge in [-0.05, 0) is 51.8 Å². The second kappa shape index (κ2) is 7.27. The van der Waals surface area contributed by atoms with Gasteiger partial charge in [0.25, 0.3) is 0 Å². The van der Waals surface area contributed by atoms with E-state index in [-0.39, 0.29) is 4.75 Å². The number of aryl methyl sites for hydroxylation is 1. The third-order valence-corrected chi connectivity index (χ3v) is 6.81. The number of hydrogen-bond donors (Lipinski definition) is 1. The van der Waals surface area contributed by atoms with Crippen LogP contribution in [0.1, 0.15) is 44.1 Å². The van der Waals surface area contributed by atoms with Crippen molar-refractivity contribution in [3.8, 4) is 0 Å². The van der Waals surface area contributed by atoms with Gasteiger partial charge >= 0.3 is 0 Å². The molecule has 0 aromatic heterocycles. The monoisotopic (exact) mass is 332 g/mol. The number of piperidine rings is 1. The Balaban J connectivity index is 1.72. The molecule has 126 valence electrons. The van der Waals surface area contributed by atoms with E-state index in [2.05, 4.69) is 41.4 Å². The van der Waals surface area contributed by atoms with Gasteiger partial charge in [-0.25, -0.2) is 0 Å². The topological polar surface area (TPSA) is 32.3 Å². The summed E-state index contributed by atoms with van der Waals surface area (Å²) >= 11 is 1.81. The van der Waals surface area contributed by atoms with Crippen molar-refractivity contribution in [3.05, 3.63) is 29.8 Å². The molecule has 1 aliphatic carbocycles. The molecule has 1 saturated heterocycles. The molecule has 1 N–H and O–H groups in total. The number of thioether (sulfide) groups is 1. The Morgan fingerprint density at radius 3 is 2.35 bits per heavy atom. The van der Waals surface area contributed by atoms with Gasteiger partial charge in [-0.1, -0.05) is 30.5 Å². The number of amides is 1. The molecule has 23 heavy (non-hydrogen) atoms. The average Bonchev–Trinajstić information content (AvgIpc) is 3.06. The summed E-state index contributed by atoms with van der Waals surface area (Å²) in [5, 5.41) is 3.34. The zero-order valence-corrected chi connectivity index (χ0v) is 15.1. The Bertz CT molecular complexity index is 529. The Labute approximate surface area is 144 Å². The lowest BCUT2D eigenvalue weighted by atomic mass is 10.0. The Kier molecular flexibility index (Phi) is 5.32. The molecule has 1 amide bonds. The lowest BCUT2D eigenvalue weighted by Crippen LogP contribution is -2.50. The maximum Gasteiger partial charge on any atom is 0.239 e. The highest BCUT2D eigenvalue weighted by atomic mass is 32.2. The van der Waals surface area contributed by atoms with Crippen molar-refractivity contribution in [1.82, 2.24) is 10.2 Å². The first-order valence-electron chi connectivity index (χ1n) is 8.85. The molecular weight excluding hydrogens is 304 g/mol. The van der Waals surface area contributed by atoms with Gasteiger partial charge in [0.2, 0.25) is 5.91 Å². The zero-order valence-electron chi connectivity index (χ0n) is 14.3. The first-order valence-corrected chi connectivity index (χ1v) is 9.67. The molecule has 4 heteroatoms. The van der Waals surface area contributed by atoms with E-state index in [1.165, 1.54) is 23.3 Å². The molecule has 0 radical (unpaired) electrons. The van der Waals surface area contributed by atoms with E-state index in [0.29, 0.717) is 11.9 Å². The van der Waals surface area contributed by atoms with Gasteiger partial charge in [-0.3, -0.25) is 4.79 Å². The first-order chi connectivity index (χ1) is 11.1. The average molecular weight is 333 g/mol. The number of carbonyl (C=O) groups excluding carboxylic acids is 1. The van der Waals surface area contributed by atoms with Gasteiger partial charge in [-0.2, -0.15) is 0 Å². The summed E-state index contributed by atoms with van der Waals surface area (Å²) in [6.07, 6.45) is 6.56. The minimum absolute atomic E-state index is 0.220. The van der Waals surface area contributed by atoms with Gasteiger partial charge in [0.1, 0.15) is 0 Å². The molecule has 0 unspecified atom stereocenters. The standard InChI is InChI=1S/C19H28N2OS/c1-15-5-7-17(8-6-15)23-19(11-3-4-12-19)18(22)21-13-9-16(20-2)10-14-21/h5-8,16,20H,3-4,9-14H2,1-2H3. The number of nitrogens with zero attached hydrogens (tertiary/aromatic N) is 1. The van der Waals surface area contributed by atoms with Crippen molar-refractivity contribution in [2.45, 2.75) is 61.1 Å². The third kappa shape index (κ3) is 3.74. The van der Waals surface area contributed by atoms with E-state index in [9.17, 15) is 4.79 Å². The second-order valence-electron chi connectivity index (χ2n) is 6.97. The molecule has 0 spiro atoms. The molecule has 1 aromatic rings. The quantitative estimate of drug-likeness (QED) is 0.914. The number of likely N-dealkylation sites (tertiary alicyclic amines) is 1. The Hall–Kier alpha value is -1.00. The second-order valence-corrected chi connectivity index (χ2v) is 8.43. The molecule has 1 aromatic carbocycles. The molecule has 1 saturated carbocycles. The van der Waals surface area contributed by atoms with Gasteiger partial charge in [-0.15, -0.1) is 11.8 Å². The maximum absolute atomic E-state index is 13.3. The molecule has 0 bridgehead atoms. The van der Waals surface area contributed by atoms with Crippen molar-refractivity contribution < 1.29 is 4.79 Å². The van der Waals surface area contributed by atoms with Gasteiger partial charge < -0.3 is 10.2 Å². The van der Waals surface area contributed by atoms with E-state index >= 15 is 0 Å². The minimum Gasteiger partial charge on any atom is -0.341 e. The van der Waals surface area contributed by atoms with Crippen LogP contribution in [0.4, 0.5) is 0 Å². The molecule has 3 rings (SSSR count). The fraction of sp³-hybridized carbons (Fsp3) is 0.632. The number of nitrogens with one attached hydrogen (secondary N) is 1. The molecule has 2 aliphatic rings. The molecule has 1 heterocycles. The fourth-order valence-electron chi connectivity index (χ4n) is 3.80. The highest BCUT2D eigenvalue weighted by Crippen LogP contribution is 2.46. The summed E-state index contributed by atoms with van der Waals surface area (Å²) in [7, 11) is 2.02. The van der Waals surface area contributed by atoms with Crippen LogP contribution in [0.25, 0.3) is 0 Å². The van der Waals surface area contributed by atoms with Crippen LogP contribution in [-0.2, 0) is 4.79 Å². The van der Waals surface area contributed by atoms with Crippen molar-refractivity contribution in [2.75, 3.05) is 20.1 Å². The smallest absolute Gasteiger partial charge is 0.239 e. The Morgan fingerprint density at radius 2 is 1.78 bits per heavy atom. The minimum atomic E-state index is -0.220. The highest BCUT2D eigenvalue weighted by Gasteiger charge is 2.45. The van der Waals surface area contributed by atoms with Crippen LogP contribution < -0.4 is 5.32 Å². The van der Waals surface area contributed by atoms with Crippen LogP contribution in [0.3, 0.4) is 0 Å². The van der Waals surface area contributed by atoms with E-state index in [4.69, 9.17) is 0 Å². The van der Waals surface area contributed by atoms with Crippen molar-refractivity contribution in [2.24, 2.45) is 0 Å². The summed E-state index contributed by atoms with van der Waals surface area (Å²) < 4.78 is -0.220. The SMILES string of the molecule is CNC1CCN(C(=O)C2(Sc3ccc(C)cc3)CCCC2)CC1. The zero-order chi connectivity index (χ0) is 16.3. The van der Waals surface area contributed by atoms with Gasteiger partial charge in [0.15, 0.2) is 0 Å². The van der Waals surface area contributed by atoms with E-state index in [1.807, 2.05) is 18.8 Å². The van der Waals surface area contributed by atoms with Crippen LogP contribution in [0, 0.1) is 6.92 Å². The molecule has 0 atom stereocenters. The van der Waals surface area contributed by atoms with E-state index in [0.717, 1.165) is 38.8 Å². The van der Waals surface area contributed by atoms with Crippen LogP contribution in [-0.4, -0.2) is 41.7 Å². The van der Waals surface area contributed by atoms with Crippen LogP contribution in [0.2, 0.25) is 0 Å². The summed E-state index contributed by atoms with van der Waals surface area (Å²) in [5.41, 5.74) is 1.27. The summed E-state index contributed by atoms with van der Waals surface area (Å²) in [5.74, 6) is 0.384. The lowest BCUT2D eigenvalue weighted by molar-refractivity contribution is -0.134. The van der Waals surface area contributed by atoms with E-state index < -0.39 is 0 Å². The van der Waals surface area contributed by atoms with Gasteiger partial charge in [0, 0.05) is 24.0 Å². The molecule has 1 aliphatic heterocycles. The van der Waals surface area contributed by atoms with E-state index in [1.54, 1.807) is 0 Å². The molecule has 3 nitrogen and oxygen atoms in total. The third-order valence-electron chi connectivity index (χ3n) is 5.33. The first kappa shape index (κ1) is 16.8. The van der Waals surface area contributed by atoms with Crippen molar-refractivity contribution in [3.63, 3.8) is 0 Å². The number of carbonyl (C=O) groups is 1. The fourth-order valence-corrected chi connectivity index (χ4v) is 5.23. The molecular formula is C19H28N2OS. The predicted molar refractivity (Wildman–Crippen MR) is 96.9 cm³/mol. The number of rotatable bonds is 4. The summed E-state index contributed by atoms with van der Waals surface area (Å²) in [6.45, 7) is 3.91. The normalized spacial score (nSPS) is 21.6. The lowest BCUT2D eigenvalue weighted by Gasteiger charge is -2.38. The maximum atomic E-state index is 13.3. The number of hydrogen-bond acceptors (Lipinski definition) is 3. The van der Waals surface area contributed by atoms with Crippen molar-refractivity contribution >= 4 is 17.7 Å². The highest BCUT2D eigenvalue weighted by molar-refractivity contribution is 8.01. The van der Waals surface area contributed by atoms with Crippen LogP contribution in [0.15, 0.2) is 29.2 Å². The van der Waals surface area contributed by atoms with Gasteiger partial charge in [0.05, 0.1) is 4.75 Å². The van der Waals surface area contributed by atoms with Crippen LogP contribution >= 0.6 is 11.8 Å². The summed E-state index contributed by atoms with van der Waals surface area (Å²) in [4.78, 5) is 16.6. The molecule has 2 fully saturated rings. The predicted octanol–water partition coefficient (Wildman–Crippen LogP) is 3.61. The van der Waals surface area contributed by atoms with Crippen molar-refractivity contribution in [1.29, 1.82) is 0 Å².